The number of carbonyl (C=O) groups excluding carboxylic acids is 1. The third-order valence-electron chi connectivity index (χ3n) is 4.65. The smallest absolute Gasteiger partial charge is 0.387 e. The van der Waals surface area contributed by atoms with Crippen LogP contribution >= 0.6 is 24.0 Å². The van der Waals surface area contributed by atoms with Gasteiger partial charge < -0.3 is 25.8 Å². The summed E-state index contributed by atoms with van der Waals surface area (Å²) in [6.07, 6.45) is 4.67. The number of halogens is 3. The van der Waals surface area contributed by atoms with Crippen molar-refractivity contribution >= 4 is 35.8 Å². The number of rotatable bonds is 9. The minimum absolute atomic E-state index is 0. The van der Waals surface area contributed by atoms with E-state index in [-0.39, 0.29) is 54.8 Å². The summed E-state index contributed by atoms with van der Waals surface area (Å²) in [5.74, 6) is 0.329. The van der Waals surface area contributed by atoms with Gasteiger partial charge in [-0.05, 0) is 37.5 Å². The number of alkyl halides is 2. The number of aliphatic imine (C=N–C) groups is 1. The second-order valence-electron chi connectivity index (χ2n) is 6.94. The summed E-state index contributed by atoms with van der Waals surface area (Å²) in [5, 5.41) is 19.3. The molecule has 0 aromatic heterocycles. The lowest BCUT2D eigenvalue weighted by Crippen LogP contribution is -2.41. The van der Waals surface area contributed by atoms with Gasteiger partial charge in [0.25, 0.3) is 0 Å². The van der Waals surface area contributed by atoms with Crippen molar-refractivity contribution in [3.8, 4) is 5.75 Å². The normalized spacial score (nSPS) is 15.8. The summed E-state index contributed by atoms with van der Waals surface area (Å²) in [5.41, 5.74) is 0.546. The van der Waals surface area contributed by atoms with Crippen LogP contribution in [0.5, 0.6) is 5.75 Å². The zero-order chi connectivity index (χ0) is 21.1. The molecule has 1 atom stereocenters. The third kappa shape index (κ3) is 9.88. The van der Waals surface area contributed by atoms with E-state index in [2.05, 4.69) is 25.7 Å². The second-order valence-corrected chi connectivity index (χ2v) is 6.94. The molecule has 1 saturated carbocycles. The highest BCUT2D eigenvalue weighted by atomic mass is 127. The Morgan fingerprint density at radius 3 is 2.47 bits per heavy atom. The van der Waals surface area contributed by atoms with Gasteiger partial charge in [-0.15, -0.1) is 24.0 Å². The summed E-state index contributed by atoms with van der Waals surface area (Å²) in [6, 6.07) is 6.03. The van der Waals surface area contributed by atoms with Gasteiger partial charge in [0.15, 0.2) is 5.96 Å². The van der Waals surface area contributed by atoms with Crippen molar-refractivity contribution in [1.82, 2.24) is 16.0 Å². The highest BCUT2D eigenvalue weighted by molar-refractivity contribution is 14.0. The number of guanidine groups is 1. The van der Waals surface area contributed by atoms with E-state index in [0.29, 0.717) is 18.1 Å². The first-order valence-corrected chi connectivity index (χ1v) is 10.0. The molecule has 10 heteroatoms. The Bertz CT molecular complexity index is 656. The van der Waals surface area contributed by atoms with Crippen LogP contribution in [0.2, 0.25) is 0 Å². The molecule has 1 aromatic carbocycles. The fourth-order valence-electron chi connectivity index (χ4n) is 3.20. The highest BCUT2D eigenvalue weighted by Gasteiger charge is 2.15. The fourth-order valence-corrected chi connectivity index (χ4v) is 3.20. The van der Waals surface area contributed by atoms with Gasteiger partial charge in [-0.25, -0.2) is 4.99 Å². The molecule has 0 aliphatic heterocycles. The number of nitrogens with one attached hydrogen (secondary N) is 3. The molecule has 1 fully saturated rings. The number of carbonyl (C=O) groups is 1. The number of aliphatic hydroxyl groups is 1. The van der Waals surface area contributed by atoms with Gasteiger partial charge in [0, 0.05) is 19.1 Å². The lowest BCUT2D eigenvalue weighted by Gasteiger charge is -2.22. The topological polar surface area (TPSA) is 95.0 Å². The van der Waals surface area contributed by atoms with Gasteiger partial charge in [-0.3, -0.25) is 4.79 Å². The molecule has 0 bridgehead atoms. The molecule has 1 unspecified atom stereocenters. The Morgan fingerprint density at radius 1 is 1.20 bits per heavy atom. The zero-order valence-electron chi connectivity index (χ0n) is 17.1. The summed E-state index contributed by atoms with van der Waals surface area (Å²) in [7, 11) is 0. The standard InChI is InChI=1S/C20H30F2N4O3.HI/c1-2-23-20(25-13-18(28)26-15-6-4-3-5-7-15)24-12-17(27)14-8-10-16(11-9-14)29-19(21)22;/h8-11,15,17,19,27H,2-7,12-13H2,1H3,(H,26,28)(H2,23,24,25);1H. The summed E-state index contributed by atoms with van der Waals surface area (Å²) >= 11 is 0. The van der Waals surface area contributed by atoms with E-state index in [4.69, 9.17) is 0 Å². The number of benzene rings is 1. The molecule has 170 valence electrons. The van der Waals surface area contributed by atoms with Crippen LogP contribution < -0.4 is 20.7 Å². The number of hydrogen-bond acceptors (Lipinski definition) is 4. The van der Waals surface area contributed by atoms with Crippen LogP contribution in [0.25, 0.3) is 0 Å². The molecule has 30 heavy (non-hydrogen) atoms. The fraction of sp³-hybridized carbons (Fsp3) is 0.600. The SMILES string of the molecule is CCNC(=NCC(=O)NC1CCCCC1)NCC(O)c1ccc(OC(F)F)cc1.I. The zero-order valence-corrected chi connectivity index (χ0v) is 19.4. The maximum Gasteiger partial charge on any atom is 0.387 e. The molecular weight excluding hydrogens is 509 g/mol. The van der Waals surface area contributed by atoms with Crippen molar-refractivity contribution in [3.63, 3.8) is 0 Å². The Labute approximate surface area is 193 Å². The first kappa shape index (κ1) is 26.3. The minimum atomic E-state index is -2.89. The van der Waals surface area contributed by atoms with Gasteiger partial charge in [0.2, 0.25) is 5.91 Å². The summed E-state index contributed by atoms with van der Waals surface area (Å²) < 4.78 is 28.7. The van der Waals surface area contributed by atoms with Crippen LogP contribution in [0.15, 0.2) is 29.3 Å². The number of nitrogens with zero attached hydrogens (tertiary/aromatic N) is 1. The predicted molar refractivity (Wildman–Crippen MR) is 122 cm³/mol. The quantitative estimate of drug-likeness (QED) is 0.220. The lowest BCUT2D eigenvalue weighted by molar-refractivity contribution is -0.120. The molecule has 0 spiro atoms. The first-order chi connectivity index (χ1) is 14.0. The molecule has 1 aliphatic rings. The monoisotopic (exact) mass is 540 g/mol. The van der Waals surface area contributed by atoms with Crippen LogP contribution in [0.3, 0.4) is 0 Å². The second kappa shape index (κ2) is 14.3. The summed E-state index contributed by atoms with van der Waals surface area (Å²) in [4.78, 5) is 16.4. The molecule has 1 aliphatic carbocycles. The number of amides is 1. The van der Waals surface area contributed by atoms with Gasteiger partial charge >= 0.3 is 6.61 Å². The summed E-state index contributed by atoms with van der Waals surface area (Å²) in [6.45, 7) is -0.239. The molecular formula is C20H31F2IN4O3. The van der Waals surface area contributed by atoms with E-state index in [9.17, 15) is 18.7 Å². The largest absolute Gasteiger partial charge is 0.435 e. The van der Waals surface area contributed by atoms with E-state index in [0.717, 1.165) is 25.7 Å². The van der Waals surface area contributed by atoms with Crippen molar-refractivity contribution in [2.75, 3.05) is 19.6 Å². The van der Waals surface area contributed by atoms with Crippen molar-refractivity contribution in [1.29, 1.82) is 0 Å². The lowest BCUT2D eigenvalue weighted by atomic mass is 9.95. The molecule has 1 amide bonds. The van der Waals surface area contributed by atoms with E-state index < -0.39 is 12.7 Å². The average Bonchev–Trinajstić information content (AvgIpc) is 2.70. The van der Waals surface area contributed by atoms with Crippen LogP contribution in [0.4, 0.5) is 8.78 Å². The van der Waals surface area contributed by atoms with E-state index in [1.54, 1.807) is 0 Å². The van der Waals surface area contributed by atoms with E-state index in [1.807, 2.05) is 6.92 Å². The number of hydrogen-bond donors (Lipinski definition) is 4. The van der Waals surface area contributed by atoms with Crippen LogP contribution in [-0.4, -0.2) is 49.3 Å². The van der Waals surface area contributed by atoms with Crippen molar-refractivity contribution in [2.24, 2.45) is 4.99 Å². The Morgan fingerprint density at radius 2 is 1.87 bits per heavy atom. The molecule has 2 rings (SSSR count). The molecule has 7 nitrogen and oxygen atoms in total. The van der Waals surface area contributed by atoms with Gasteiger partial charge in [0.05, 0.1) is 6.10 Å². The van der Waals surface area contributed by atoms with E-state index >= 15 is 0 Å². The number of ether oxygens (including phenoxy) is 1. The van der Waals surface area contributed by atoms with E-state index in [1.165, 1.54) is 30.7 Å². The molecule has 4 N–H and O–H groups in total. The molecule has 0 heterocycles. The minimum Gasteiger partial charge on any atom is -0.435 e. The van der Waals surface area contributed by atoms with Crippen molar-refractivity contribution in [3.05, 3.63) is 29.8 Å². The molecule has 0 saturated heterocycles. The van der Waals surface area contributed by atoms with Crippen LogP contribution in [0, 0.1) is 0 Å². The van der Waals surface area contributed by atoms with Gasteiger partial charge in [0.1, 0.15) is 12.3 Å². The van der Waals surface area contributed by atoms with Crippen molar-refractivity contribution < 1.29 is 23.4 Å². The first-order valence-electron chi connectivity index (χ1n) is 10.0. The van der Waals surface area contributed by atoms with Crippen molar-refractivity contribution in [2.45, 2.75) is 57.8 Å². The van der Waals surface area contributed by atoms with Crippen LogP contribution in [0.1, 0.15) is 50.7 Å². The van der Waals surface area contributed by atoms with Gasteiger partial charge in [-0.1, -0.05) is 31.4 Å². The predicted octanol–water partition coefficient (Wildman–Crippen LogP) is 2.94. The maximum absolute atomic E-state index is 12.2. The molecule has 0 radical (unpaired) electrons. The Hall–Kier alpha value is -1.69. The maximum atomic E-state index is 12.2. The number of aliphatic hydroxyl groups excluding tert-OH is 1. The average molecular weight is 540 g/mol. The molecule has 1 aromatic rings. The highest BCUT2D eigenvalue weighted by Crippen LogP contribution is 2.19. The van der Waals surface area contributed by atoms with Crippen LogP contribution in [-0.2, 0) is 4.79 Å². The Kier molecular flexibility index (Phi) is 12.6. The van der Waals surface area contributed by atoms with Gasteiger partial charge in [-0.2, -0.15) is 8.78 Å². The Balaban J connectivity index is 0.00000450. The third-order valence-corrected chi connectivity index (χ3v) is 4.65.